The molecule has 8 atom stereocenters. The molecule has 0 radical (unpaired) electrons. The monoisotopic (exact) mass is 420 g/mol. The lowest BCUT2D eigenvalue weighted by atomic mass is 9.45. The molecule has 4 rings (SSSR count). The van der Waals surface area contributed by atoms with Crippen LogP contribution in [0.1, 0.15) is 52.9 Å². The van der Waals surface area contributed by atoms with E-state index >= 15 is 0 Å². The molecule has 30 heavy (non-hydrogen) atoms. The van der Waals surface area contributed by atoms with E-state index in [0.29, 0.717) is 25.7 Å². The first-order valence-electron chi connectivity index (χ1n) is 10.5. The Hall–Kier alpha value is -2.06. The molecule has 1 spiro atoms. The summed E-state index contributed by atoms with van der Waals surface area (Å²) < 4.78 is 5.18. The average molecular weight is 420 g/mol. The van der Waals surface area contributed by atoms with Gasteiger partial charge in [0.15, 0.2) is 17.7 Å². The highest BCUT2D eigenvalue weighted by Crippen LogP contribution is 2.67. The summed E-state index contributed by atoms with van der Waals surface area (Å²) in [6.07, 6.45) is -2.45. The maximum Gasteiger partial charge on any atom is 0.303 e. The predicted octanol–water partition coefficient (Wildman–Crippen LogP) is 1.03. The zero-order valence-electron chi connectivity index (χ0n) is 17.4. The summed E-state index contributed by atoms with van der Waals surface area (Å²) in [7, 11) is 0. The van der Waals surface area contributed by atoms with Gasteiger partial charge in [-0.25, -0.2) is 0 Å². The molecule has 0 bridgehead atoms. The normalized spacial score (nSPS) is 47.6. The number of fused-ring (bicyclic) bond motifs is 2. The third kappa shape index (κ3) is 2.46. The van der Waals surface area contributed by atoms with Crippen LogP contribution in [-0.2, 0) is 23.9 Å². The predicted molar refractivity (Wildman–Crippen MR) is 102 cm³/mol. The maximum absolute atomic E-state index is 13.5. The van der Waals surface area contributed by atoms with E-state index in [0.717, 1.165) is 0 Å². The fourth-order valence-electron chi connectivity index (χ4n) is 7.10. The summed E-state index contributed by atoms with van der Waals surface area (Å²) >= 11 is 0. The van der Waals surface area contributed by atoms with Gasteiger partial charge in [0.1, 0.15) is 6.10 Å². The SMILES string of the molecule is C[C@@H]1C[C@]12C(=O)C1=C(C(=O)[C@@H]2O)[C@@]2(C)CCC[C@](C)(CC(=O)O)[C@@H]2[C@@H](O)[C@H]1OC=O. The molecule has 164 valence electrons. The first-order chi connectivity index (χ1) is 14.0. The van der Waals surface area contributed by atoms with Crippen molar-refractivity contribution in [2.75, 3.05) is 0 Å². The van der Waals surface area contributed by atoms with Crippen molar-refractivity contribution >= 4 is 24.0 Å². The third-order valence-electron chi connectivity index (χ3n) is 8.43. The number of carbonyl (C=O) groups is 4. The molecule has 0 aromatic heterocycles. The molecule has 4 aliphatic carbocycles. The Labute approximate surface area is 174 Å². The Morgan fingerprint density at radius 1 is 1.23 bits per heavy atom. The number of Topliss-reactive ketones (excluding diaryl/α,β-unsaturated/α-hetero) is 2. The zero-order valence-corrected chi connectivity index (χ0v) is 17.4. The maximum atomic E-state index is 13.5. The lowest BCUT2D eigenvalue weighted by Crippen LogP contribution is -2.63. The summed E-state index contributed by atoms with van der Waals surface area (Å²) in [4.78, 5) is 49.9. The number of carbonyl (C=O) groups excluding carboxylic acids is 3. The Balaban J connectivity index is 1.95. The van der Waals surface area contributed by atoms with Crippen LogP contribution in [0.2, 0.25) is 0 Å². The minimum Gasteiger partial charge on any atom is -0.481 e. The van der Waals surface area contributed by atoms with E-state index in [2.05, 4.69) is 0 Å². The fourth-order valence-corrected chi connectivity index (χ4v) is 7.10. The van der Waals surface area contributed by atoms with Crippen molar-refractivity contribution in [2.45, 2.75) is 71.2 Å². The number of aliphatic carboxylic acids is 1. The molecule has 0 heterocycles. The van der Waals surface area contributed by atoms with Crippen molar-refractivity contribution in [3.8, 4) is 0 Å². The zero-order chi connectivity index (χ0) is 22.2. The highest BCUT2D eigenvalue weighted by Gasteiger charge is 2.72. The van der Waals surface area contributed by atoms with Crippen LogP contribution < -0.4 is 0 Å². The standard InChI is InChI=1S/C22H28O8/c1-10-7-22(10)18(28)12-13(14(26)19(22)29)21(3)6-4-5-20(2,8-11(24)25)17(21)15(27)16(12)30-9-23/h9-10,15-17,19,27,29H,4-8H2,1-3H3,(H,24,25)/t10-,15+,16+,17+,19+,20-,21-,22-/m1/s1. The van der Waals surface area contributed by atoms with Crippen LogP contribution in [0.15, 0.2) is 11.1 Å². The van der Waals surface area contributed by atoms with Crippen molar-refractivity contribution in [3.63, 3.8) is 0 Å². The Kier molecular flexibility index (Phi) is 4.57. The Morgan fingerprint density at radius 3 is 2.40 bits per heavy atom. The average Bonchev–Trinajstić information content (AvgIpc) is 3.31. The molecular weight excluding hydrogens is 392 g/mol. The molecule has 8 heteroatoms. The van der Waals surface area contributed by atoms with Crippen LogP contribution in [-0.4, -0.2) is 57.6 Å². The summed E-state index contributed by atoms with van der Waals surface area (Å²) in [5.74, 6) is -2.95. The van der Waals surface area contributed by atoms with Gasteiger partial charge < -0.3 is 20.1 Å². The number of rotatable bonds is 4. The van der Waals surface area contributed by atoms with Crippen molar-refractivity contribution in [2.24, 2.45) is 28.1 Å². The van der Waals surface area contributed by atoms with E-state index in [4.69, 9.17) is 4.74 Å². The van der Waals surface area contributed by atoms with Gasteiger partial charge in [0, 0.05) is 22.5 Å². The van der Waals surface area contributed by atoms with Gasteiger partial charge in [-0.1, -0.05) is 27.2 Å². The molecular formula is C22H28O8. The molecule has 0 aromatic carbocycles. The minimum absolute atomic E-state index is 0.00687. The van der Waals surface area contributed by atoms with Gasteiger partial charge in [0.25, 0.3) is 6.47 Å². The molecule has 3 N–H and O–H groups in total. The van der Waals surface area contributed by atoms with E-state index in [1.165, 1.54) is 0 Å². The van der Waals surface area contributed by atoms with Crippen molar-refractivity contribution in [1.29, 1.82) is 0 Å². The van der Waals surface area contributed by atoms with Crippen molar-refractivity contribution < 1.29 is 39.2 Å². The fraction of sp³-hybridized carbons (Fsp3) is 0.727. The van der Waals surface area contributed by atoms with Gasteiger partial charge in [-0.2, -0.15) is 0 Å². The van der Waals surface area contributed by atoms with Gasteiger partial charge in [-0.15, -0.1) is 0 Å². The molecule has 0 unspecified atom stereocenters. The van der Waals surface area contributed by atoms with Crippen molar-refractivity contribution in [1.82, 2.24) is 0 Å². The molecule has 2 saturated carbocycles. The van der Waals surface area contributed by atoms with Crippen LogP contribution in [0.5, 0.6) is 0 Å². The summed E-state index contributed by atoms with van der Waals surface area (Å²) in [5.41, 5.74) is -3.00. The number of ketones is 2. The van der Waals surface area contributed by atoms with Crippen LogP contribution >= 0.6 is 0 Å². The molecule has 2 fully saturated rings. The highest BCUT2D eigenvalue weighted by atomic mass is 16.5. The first kappa shape index (κ1) is 21.2. The number of carboxylic acids is 1. The molecule has 0 aliphatic heterocycles. The topological polar surface area (TPSA) is 138 Å². The summed E-state index contributed by atoms with van der Waals surface area (Å²) in [6, 6.07) is 0. The molecule has 0 amide bonds. The molecule has 0 aromatic rings. The number of hydrogen-bond donors (Lipinski definition) is 3. The van der Waals surface area contributed by atoms with Crippen LogP contribution in [0.4, 0.5) is 0 Å². The molecule has 0 saturated heterocycles. The molecule has 8 nitrogen and oxygen atoms in total. The van der Waals surface area contributed by atoms with E-state index in [1.54, 1.807) is 20.8 Å². The van der Waals surface area contributed by atoms with Gasteiger partial charge in [0.2, 0.25) is 0 Å². The van der Waals surface area contributed by atoms with E-state index in [9.17, 15) is 34.5 Å². The van der Waals surface area contributed by atoms with Crippen LogP contribution in [0, 0.1) is 28.1 Å². The lowest BCUT2D eigenvalue weighted by Gasteiger charge is -2.59. The van der Waals surface area contributed by atoms with Gasteiger partial charge in [0.05, 0.1) is 17.9 Å². The second-order valence-electron chi connectivity index (χ2n) is 10.1. The van der Waals surface area contributed by atoms with Gasteiger partial charge in [-0.3, -0.25) is 19.2 Å². The highest BCUT2D eigenvalue weighted by molar-refractivity contribution is 6.19. The quantitative estimate of drug-likeness (QED) is 0.573. The second kappa shape index (κ2) is 6.47. The summed E-state index contributed by atoms with van der Waals surface area (Å²) in [5, 5.41) is 31.7. The van der Waals surface area contributed by atoms with Gasteiger partial charge >= 0.3 is 5.97 Å². The molecule has 4 aliphatic rings. The number of carboxylic acid groups (broad SMARTS) is 1. The summed E-state index contributed by atoms with van der Waals surface area (Å²) in [6.45, 7) is 5.44. The number of aliphatic hydroxyl groups excluding tert-OH is 2. The van der Waals surface area contributed by atoms with Crippen LogP contribution in [0.25, 0.3) is 0 Å². The number of aliphatic hydroxyl groups is 2. The van der Waals surface area contributed by atoms with E-state index in [-0.39, 0.29) is 30.0 Å². The number of ether oxygens (including phenoxy) is 1. The van der Waals surface area contributed by atoms with Crippen molar-refractivity contribution in [3.05, 3.63) is 11.1 Å². The van der Waals surface area contributed by atoms with Gasteiger partial charge in [-0.05, 0) is 30.6 Å². The Bertz CT molecular complexity index is 876. The smallest absolute Gasteiger partial charge is 0.303 e. The second-order valence-corrected chi connectivity index (χ2v) is 10.1. The number of hydrogen-bond acceptors (Lipinski definition) is 7. The Morgan fingerprint density at radius 2 is 1.87 bits per heavy atom. The third-order valence-corrected chi connectivity index (χ3v) is 8.43. The van der Waals surface area contributed by atoms with E-state index in [1.807, 2.05) is 0 Å². The largest absolute Gasteiger partial charge is 0.481 e. The lowest BCUT2D eigenvalue weighted by molar-refractivity contribution is -0.170. The van der Waals surface area contributed by atoms with E-state index < -0.39 is 58.0 Å². The first-order valence-corrected chi connectivity index (χ1v) is 10.5. The minimum atomic E-state index is -1.48. The van der Waals surface area contributed by atoms with Crippen LogP contribution in [0.3, 0.4) is 0 Å².